The van der Waals surface area contributed by atoms with Crippen molar-refractivity contribution in [3.63, 3.8) is 0 Å². The summed E-state index contributed by atoms with van der Waals surface area (Å²) in [4.78, 5) is 12.5. The third kappa shape index (κ3) is 11.1. The van der Waals surface area contributed by atoms with E-state index in [2.05, 4.69) is 69.2 Å². The lowest BCUT2D eigenvalue weighted by Crippen LogP contribution is -2.26. The number of thioether (sulfide) groups is 1. The summed E-state index contributed by atoms with van der Waals surface area (Å²) in [5.41, 5.74) is 5.09. The standard InChI is InChI=1S/C23H31N3O2S.C5H12.C3H6O/c1-6-19-20(12-17-8-10-25-21(13-17)27-5)29-23(24-7-2)22(19)16(3)26(4)14-18-9-11-28-15-18;1-4-5(2)3;1-2-3-4/h7-8,10,13,18H,2,6,9,11-12,14-15H2,1,3-5H3;5H,4H2,1-3H3;2-4H,1H3/b22-16+,24-23?;;3-2-. The van der Waals surface area contributed by atoms with Crippen molar-refractivity contribution in [1.29, 1.82) is 0 Å². The molecular weight excluding hydrogens is 494 g/mol. The van der Waals surface area contributed by atoms with Crippen molar-refractivity contribution >= 4 is 16.8 Å². The van der Waals surface area contributed by atoms with Gasteiger partial charge in [0.1, 0.15) is 5.04 Å². The maximum atomic E-state index is 7.69. The molecule has 1 aromatic rings. The Labute approximate surface area is 235 Å². The molecule has 7 heteroatoms. The molecule has 2 aliphatic rings. The minimum absolute atomic E-state index is 0.599. The van der Waals surface area contributed by atoms with Crippen LogP contribution in [0.4, 0.5) is 0 Å². The summed E-state index contributed by atoms with van der Waals surface area (Å²) in [6.07, 6.45) is 10.3. The molecule has 3 heterocycles. The van der Waals surface area contributed by atoms with Crippen LogP contribution < -0.4 is 4.74 Å². The fraction of sp³-hybridized carbons (Fsp3) is 0.548. The number of aromatic nitrogens is 1. The Balaban J connectivity index is 0.000000694. The van der Waals surface area contributed by atoms with Gasteiger partial charge in [-0.3, -0.25) is 0 Å². The Hall–Kier alpha value is -2.51. The Bertz CT molecular complexity index is 972. The van der Waals surface area contributed by atoms with E-state index in [9.17, 15) is 0 Å². The van der Waals surface area contributed by atoms with E-state index >= 15 is 0 Å². The average Bonchev–Trinajstić information content (AvgIpc) is 3.56. The first-order valence-corrected chi connectivity index (χ1v) is 14.4. The van der Waals surface area contributed by atoms with E-state index in [1.807, 2.05) is 6.07 Å². The molecule has 0 amide bonds. The first-order valence-electron chi connectivity index (χ1n) is 13.6. The highest BCUT2D eigenvalue weighted by molar-refractivity contribution is 8.18. The van der Waals surface area contributed by atoms with Crippen LogP contribution in [0.1, 0.15) is 66.4 Å². The van der Waals surface area contributed by atoms with E-state index in [-0.39, 0.29) is 0 Å². The van der Waals surface area contributed by atoms with Crippen molar-refractivity contribution in [2.75, 3.05) is 33.9 Å². The number of allylic oxidation sites excluding steroid dienone is 4. The number of hydrogen-bond donors (Lipinski definition) is 1. The van der Waals surface area contributed by atoms with Gasteiger partial charge >= 0.3 is 0 Å². The van der Waals surface area contributed by atoms with Crippen molar-refractivity contribution in [1.82, 2.24) is 9.88 Å². The van der Waals surface area contributed by atoms with Crippen LogP contribution in [0.15, 0.2) is 70.2 Å². The largest absolute Gasteiger partial charge is 0.516 e. The van der Waals surface area contributed by atoms with Crippen LogP contribution >= 0.6 is 11.8 Å². The Morgan fingerprint density at radius 3 is 2.58 bits per heavy atom. The lowest BCUT2D eigenvalue weighted by Gasteiger charge is -2.25. The topological polar surface area (TPSA) is 67.2 Å². The number of aliphatic imine (C=N–C) groups is 1. The molecule has 1 N–H and O–H groups in total. The number of pyridine rings is 1. The predicted octanol–water partition coefficient (Wildman–Crippen LogP) is 7.96. The summed E-state index contributed by atoms with van der Waals surface area (Å²) in [6, 6.07) is 4.06. The smallest absolute Gasteiger partial charge is 0.213 e. The Morgan fingerprint density at radius 1 is 1.39 bits per heavy atom. The molecule has 1 saturated heterocycles. The van der Waals surface area contributed by atoms with Crippen LogP contribution in [0.5, 0.6) is 5.88 Å². The molecule has 0 aliphatic carbocycles. The minimum Gasteiger partial charge on any atom is -0.516 e. The second-order valence-corrected chi connectivity index (χ2v) is 10.8. The normalized spacial score (nSPS) is 19.3. The number of aliphatic hydroxyl groups excluding tert-OH is 1. The van der Waals surface area contributed by atoms with Crippen LogP contribution in [-0.2, 0) is 11.2 Å². The molecule has 212 valence electrons. The molecule has 0 bridgehead atoms. The molecule has 1 fully saturated rings. The lowest BCUT2D eigenvalue weighted by molar-refractivity contribution is 0.178. The number of ether oxygens (including phenoxy) is 2. The summed E-state index contributed by atoms with van der Waals surface area (Å²) in [5, 5.41) is 8.74. The van der Waals surface area contributed by atoms with Gasteiger partial charge in [0.05, 0.1) is 20.0 Å². The van der Waals surface area contributed by atoms with Crippen LogP contribution in [0.2, 0.25) is 0 Å². The summed E-state index contributed by atoms with van der Waals surface area (Å²) < 4.78 is 10.8. The highest BCUT2D eigenvalue weighted by Crippen LogP contribution is 2.43. The second-order valence-electron chi connectivity index (χ2n) is 9.71. The Kier molecular flexibility index (Phi) is 16.5. The number of aliphatic hydroxyl groups is 1. The molecule has 0 radical (unpaired) electrons. The average molecular weight is 544 g/mol. The molecule has 1 aromatic heterocycles. The van der Waals surface area contributed by atoms with E-state index in [0.717, 1.165) is 56.2 Å². The van der Waals surface area contributed by atoms with Gasteiger partial charge in [-0.1, -0.05) is 58.5 Å². The van der Waals surface area contributed by atoms with E-state index in [1.165, 1.54) is 33.7 Å². The Morgan fingerprint density at radius 2 is 2.08 bits per heavy atom. The molecule has 6 nitrogen and oxygen atoms in total. The van der Waals surface area contributed by atoms with Crippen molar-refractivity contribution in [2.45, 2.75) is 67.2 Å². The van der Waals surface area contributed by atoms with Crippen molar-refractivity contribution in [3.05, 3.63) is 70.8 Å². The summed E-state index contributed by atoms with van der Waals surface area (Å²) in [6.45, 7) is 19.4. The van der Waals surface area contributed by atoms with Gasteiger partial charge in [-0.05, 0) is 54.7 Å². The van der Waals surface area contributed by atoms with Crippen molar-refractivity contribution in [2.24, 2.45) is 16.8 Å². The molecule has 0 saturated carbocycles. The SMILES string of the molecule is C/C=C\O.C=CN=C1SC(Cc2ccnc(OC)c2)=C(CC)/C1=C(/C)N(C)CC1CCOC1.CCC(C)C. The second kappa shape index (κ2) is 18.7. The van der Waals surface area contributed by atoms with Crippen LogP contribution in [0, 0.1) is 11.8 Å². The van der Waals surface area contributed by atoms with Gasteiger partial charge in [0.15, 0.2) is 0 Å². The van der Waals surface area contributed by atoms with Gasteiger partial charge in [0.25, 0.3) is 0 Å². The molecule has 38 heavy (non-hydrogen) atoms. The fourth-order valence-electron chi connectivity index (χ4n) is 3.86. The molecule has 1 atom stereocenters. The van der Waals surface area contributed by atoms with Gasteiger partial charge in [-0.25, -0.2) is 9.98 Å². The monoisotopic (exact) mass is 543 g/mol. The van der Waals surface area contributed by atoms with Crippen molar-refractivity contribution in [3.8, 4) is 5.88 Å². The maximum absolute atomic E-state index is 7.69. The molecule has 1 unspecified atom stereocenters. The predicted molar refractivity (Wildman–Crippen MR) is 164 cm³/mol. The molecule has 3 rings (SSSR count). The fourth-order valence-corrected chi connectivity index (χ4v) is 5.20. The van der Waals surface area contributed by atoms with Gasteiger partial charge in [0.2, 0.25) is 5.88 Å². The number of hydrogen-bond acceptors (Lipinski definition) is 7. The van der Waals surface area contributed by atoms with Crippen LogP contribution in [0.3, 0.4) is 0 Å². The van der Waals surface area contributed by atoms with E-state index in [0.29, 0.717) is 11.8 Å². The summed E-state index contributed by atoms with van der Waals surface area (Å²) >= 11 is 1.76. The maximum Gasteiger partial charge on any atom is 0.213 e. The molecule has 0 aromatic carbocycles. The van der Waals surface area contributed by atoms with E-state index < -0.39 is 0 Å². The van der Waals surface area contributed by atoms with E-state index in [4.69, 9.17) is 14.6 Å². The third-order valence-electron chi connectivity index (χ3n) is 6.46. The molecular formula is C31H49N3O3S. The molecule has 2 aliphatic heterocycles. The quantitative estimate of drug-likeness (QED) is 0.319. The third-order valence-corrected chi connectivity index (χ3v) is 7.60. The van der Waals surface area contributed by atoms with Crippen molar-refractivity contribution < 1.29 is 14.6 Å². The highest BCUT2D eigenvalue weighted by Gasteiger charge is 2.29. The zero-order valence-electron chi connectivity index (χ0n) is 24.8. The zero-order valence-corrected chi connectivity index (χ0v) is 25.6. The highest BCUT2D eigenvalue weighted by atomic mass is 32.2. The van der Waals surface area contributed by atoms with Gasteiger partial charge in [0, 0.05) is 62.3 Å². The van der Waals surface area contributed by atoms with Crippen LogP contribution in [-0.4, -0.2) is 54.0 Å². The van der Waals surface area contributed by atoms with Gasteiger partial charge in [-0.15, -0.1) is 0 Å². The summed E-state index contributed by atoms with van der Waals surface area (Å²) in [7, 11) is 3.83. The van der Waals surface area contributed by atoms with Gasteiger partial charge in [-0.2, -0.15) is 0 Å². The van der Waals surface area contributed by atoms with Crippen LogP contribution in [0.25, 0.3) is 0 Å². The number of nitrogens with zero attached hydrogens (tertiary/aromatic N) is 3. The number of rotatable bonds is 9. The van der Waals surface area contributed by atoms with Gasteiger partial charge < -0.3 is 19.5 Å². The van der Waals surface area contributed by atoms with E-state index in [1.54, 1.807) is 44.3 Å². The number of methoxy groups -OCH3 is 1. The first-order chi connectivity index (χ1) is 18.3. The lowest BCUT2D eigenvalue weighted by atomic mass is 9.99. The minimum atomic E-state index is 0.599. The zero-order chi connectivity index (χ0) is 28.5. The summed E-state index contributed by atoms with van der Waals surface area (Å²) in [5.74, 6) is 2.13. The first kappa shape index (κ1) is 33.5. The molecule has 0 spiro atoms.